The maximum atomic E-state index is 13.3. The number of nitrogens with zero attached hydrogens (tertiary/aromatic N) is 4. The van der Waals surface area contributed by atoms with Gasteiger partial charge in [-0.25, -0.2) is 13.4 Å². The number of likely N-dealkylation sites (tertiary alicyclic amines) is 1. The lowest BCUT2D eigenvalue weighted by Gasteiger charge is -2.22. The van der Waals surface area contributed by atoms with Crippen LogP contribution in [-0.2, 0) is 16.6 Å². The van der Waals surface area contributed by atoms with Crippen LogP contribution in [0.15, 0.2) is 35.5 Å². The zero-order valence-corrected chi connectivity index (χ0v) is 16.4. The van der Waals surface area contributed by atoms with Crippen molar-refractivity contribution in [1.82, 2.24) is 18.8 Å². The highest BCUT2D eigenvalue weighted by Crippen LogP contribution is 2.32. The maximum Gasteiger partial charge on any atom is 0.274 e. The lowest BCUT2D eigenvalue weighted by Crippen LogP contribution is -2.34. The molecule has 0 saturated carbocycles. The van der Waals surface area contributed by atoms with Crippen molar-refractivity contribution in [3.63, 3.8) is 0 Å². The smallest absolute Gasteiger partial charge is 0.274 e. The molecule has 8 heteroatoms. The Morgan fingerprint density at radius 3 is 2.59 bits per heavy atom. The third kappa shape index (κ3) is 3.06. The summed E-state index contributed by atoms with van der Waals surface area (Å²) in [7, 11) is -3.65. The van der Waals surface area contributed by atoms with Crippen molar-refractivity contribution in [1.29, 1.82) is 0 Å². The number of imidazole rings is 1. The van der Waals surface area contributed by atoms with Crippen molar-refractivity contribution in [3.8, 4) is 5.69 Å². The van der Waals surface area contributed by atoms with Crippen molar-refractivity contribution < 1.29 is 13.2 Å². The highest BCUT2D eigenvalue weighted by atomic mass is 32.2. The Morgan fingerprint density at radius 1 is 1.19 bits per heavy atom. The van der Waals surface area contributed by atoms with Gasteiger partial charge in [0.15, 0.2) is 5.69 Å². The Kier molecular flexibility index (Phi) is 4.55. The summed E-state index contributed by atoms with van der Waals surface area (Å²) in [6.45, 7) is 5.97. The van der Waals surface area contributed by atoms with E-state index in [0.29, 0.717) is 23.6 Å². The molecule has 0 bridgehead atoms. The second kappa shape index (κ2) is 6.76. The first-order chi connectivity index (χ1) is 12.9. The average Bonchev–Trinajstić information content (AvgIpc) is 3.28. The summed E-state index contributed by atoms with van der Waals surface area (Å²) in [4.78, 5) is 19.4. The van der Waals surface area contributed by atoms with Gasteiger partial charge in [0.1, 0.15) is 11.2 Å². The van der Waals surface area contributed by atoms with Crippen molar-refractivity contribution in [2.45, 2.75) is 38.1 Å². The van der Waals surface area contributed by atoms with Crippen molar-refractivity contribution >= 4 is 15.9 Å². The number of aromatic nitrogens is 2. The van der Waals surface area contributed by atoms with Gasteiger partial charge in [-0.3, -0.25) is 9.36 Å². The first-order valence-electron chi connectivity index (χ1n) is 9.34. The highest BCUT2D eigenvalue weighted by molar-refractivity contribution is 7.89. The number of fused-ring (bicyclic) bond motifs is 3. The van der Waals surface area contributed by atoms with Crippen LogP contribution in [0.2, 0.25) is 0 Å². The summed E-state index contributed by atoms with van der Waals surface area (Å²) in [5, 5.41) is 0. The van der Waals surface area contributed by atoms with E-state index in [1.807, 2.05) is 13.8 Å². The molecule has 1 aromatic carbocycles. The molecular weight excluding hydrogens is 364 g/mol. The molecule has 4 rings (SSSR count). The van der Waals surface area contributed by atoms with E-state index >= 15 is 0 Å². The van der Waals surface area contributed by atoms with Crippen molar-refractivity contribution in [2.24, 2.45) is 5.92 Å². The highest BCUT2D eigenvalue weighted by Gasteiger charge is 2.36. The quantitative estimate of drug-likeness (QED) is 0.808. The SMILES string of the molecule is CC(C)CN1Cc2c(C(=O)N3CCCC3)ncn2-c2ccccc2S1(=O)=O. The Labute approximate surface area is 159 Å². The third-order valence-corrected chi connectivity index (χ3v) is 6.96. The topological polar surface area (TPSA) is 75.5 Å². The number of amides is 1. The minimum Gasteiger partial charge on any atom is -0.337 e. The van der Waals surface area contributed by atoms with Gasteiger partial charge < -0.3 is 4.90 Å². The molecule has 7 nitrogen and oxygen atoms in total. The fourth-order valence-electron chi connectivity index (χ4n) is 3.82. The summed E-state index contributed by atoms with van der Waals surface area (Å²) in [5.41, 5.74) is 1.55. The lowest BCUT2D eigenvalue weighted by molar-refractivity contribution is 0.0785. The summed E-state index contributed by atoms with van der Waals surface area (Å²) in [6, 6.07) is 6.91. The van der Waals surface area contributed by atoms with E-state index in [0.717, 1.165) is 25.9 Å². The van der Waals surface area contributed by atoms with Crippen molar-refractivity contribution in [2.75, 3.05) is 19.6 Å². The molecule has 0 aliphatic carbocycles. The minimum atomic E-state index is -3.65. The molecule has 2 aromatic rings. The summed E-state index contributed by atoms with van der Waals surface area (Å²) < 4.78 is 29.8. The number of benzene rings is 1. The van der Waals surface area contributed by atoms with E-state index in [1.165, 1.54) is 4.31 Å². The Hall–Kier alpha value is -2.19. The summed E-state index contributed by atoms with van der Waals surface area (Å²) in [5.74, 6) is 0.0571. The molecule has 2 aliphatic heterocycles. The zero-order valence-electron chi connectivity index (χ0n) is 15.6. The van der Waals surface area contributed by atoms with E-state index in [-0.39, 0.29) is 23.3 Å². The number of rotatable bonds is 3. The Bertz CT molecular complexity index is 975. The monoisotopic (exact) mass is 388 g/mol. The lowest BCUT2D eigenvalue weighted by atomic mass is 10.2. The van der Waals surface area contributed by atoms with Crippen molar-refractivity contribution in [3.05, 3.63) is 42.0 Å². The number of carbonyl (C=O) groups excluding carboxylic acids is 1. The van der Waals surface area contributed by atoms with Crippen LogP contribution in [-0.4, -0.2) is 52.7 Å². The first kappa shape index (κ1) is 18.2. The van der Waals surface area contributed by atoms with Crippen LogP contribution in [0.1, 0.15) is 42.9 Å². The van der Waals surface area contributed by atoms with Gasteiger partial charge in [0, 0.05) is 19.6 Å². The molecule has 0 spiro atoms. The molecule has 1 amide bonds. The third-order valence-electron chi connectivity index (χ3n) is 5.10. The number of sulfonamides is 1. The normalized spacial score (nSPS) is 19.0. The van der Waals surface area contributed by atoms with E-state index in [4.69, 9.17) is 0 Å². The molecule has 2 aliphatic rings. The van der Waals surface area contributed by atoms with Gasteiger partial charge in [-0.2, -0.15) is 4.31 Å². The molecule has 144 valence electrons. The fraction of sp³-hybridized carbons (Fsp3) is 0.474. The molecule has 27 heavy (non-hydrogen) atoms. The second-order valence-electron chi connectivity index (χ2n) is 7.57. The molecule has 0 radical (unpaired) electrons. The van der Waals surface area contributed by atoms with Crippen LogP contribution in [0.5, 0.6) is 0 Å². The molecule has 1 saturated heterocycles. The van der Waals surface area contributed by atoms with E-state index in [1.54, 1.807) is 40.1 Å². The molecule has 1 fully saturated rings. The minimum absolute atomic E-state index is 0.109. The van der Waals surface area contributed by atoms with Gasteiger partial charge in [0.25, 0.3) is 5.91 Å². The molecule has 0 unspecified atom stereocenters. The Balaban J connectivity index is 1.87. The summed E-state index contributed by atoms with van der Waals surface area (Å²) in [6.07, 6.45) is 3.57. The first-order valence-corrected chi connectivity index (χ1v) is 10.8. The van der Waals surface area contributed by atoms with Gasteiger partial charge in [-0.1, -0.05) is 26.0 Å². The van der Waals surface area contributed by atoms with Crippen LogP contribution >= 0.6 is 0 Å². The van der Waals surface area contributed by atoms with E-state index in [2.05, 4.69) is 4.98 Å². The van der Waals surface area contributed by atoms with Gasteiger partial charge in [-0.05, 0) is 30.9 Å². The van der Waals surface area contributed by atoms with Gasteiger partial charge in [0.05, 0.1) is 17.9 Å². The van der Waals surface area contributed by atoms with Gasteiger partial charge >= 0.3 is 0 Å². The number of hydrogen-bond acceptors (Lipinski definition) is 4. The van der Waals surface area contributed by atoms with Gasteiger partial charge in [-0.15, -0.1) is 0 Å². The zero-order chi connectivity index (χ0) is 19.2. The molecular formula is C19H24N4O3S. The van der Waals surface area contributed by atoms with Gasteiger partial charge in [0.2, 0.25) is 10.0 Å². The predicted molar refractivity (Wildman–Crippen MR) is 101 cm³/mol. The molecule has 0 N–H and O–H groups in total. The second-order valence-corrected chi connectivity index (χ2v) is 9.47. The molecule has 1 aromatic heterocycles. The van der Waals surface area contributed by atoms with Crippen LogP contribution in [0.4, 0.5) is 0 Å². The average molecular weight is 388 g/mol. The standard InChI is InChI=1S/C19H24N4O3S/c1-14(2)11-22-12-16-18(19(24)21-9-5-6-10-21)20-13-23(16)15-7-3-4-8-17(15)27(22,25)26/h3-4,7-8,13-14H,5-6,9-12H2,1-2H3. The van der Waals surface area contributed by atoms with E-state index < -0.39 is 10.0 Å². The van der Waals surface area contributed by atoms with Crippen LogP contribution in [0, 0.1) is 5.92 Å². The van der Waals surface area contributed by atoms with Crippen LogP contribution in [0.3, 0.4) is 0 Å². The largest absolute Gasteiger partial charge is 0.337 e. The fourth-order valence-corrected chi connectivity index (χ4v) is 5.56. The number of hydrogen-bond donors (Lipinski definition) is 0. The summed E-state index contributed by atoms with van der Waals surface area (Å²) >= 11 is 0. The van der Waals surface area contributed by atoms with Crippen LogP contribution < -0.4 is 0 Å². The Morgan fingerprint density at radius 2 is 1.89 bits per heavy atom. The maximum absolute atomic E-state index is 13.3. The van der Waals surface area contributed by atoms with E-state index in [9.17, 15) is 13.2 Å². The number of para-hydroxylation sites is 1. The predicted octanol–water partition coefficient (Wildman–Crippen LogP) is 2.27. The molecule has 3 heterocycles. The van der Waals surface area contributed by atoms with Crippen LogP contribution in [0.25, 0.3) is 5.69 Å². The number of carbonyl (C=O) groups is 1. The molecule has 0 atom stereocenters.